The molecule has 0 aliphatic carbocycles. The zero-order chi connectivity index (χ0) is 17.5. The Bertz CT molecular complexity index is 717. The molecular formula is C15H20N6O2S. The lowest BCUT2D eigenvalue weighted by molar-refractivity contribution is -0.117. The highest BCUT2D eigenvalue weighted by Crippen LogP contribution is 2.20. The highest BCUT2D eigenvalue weighted by atomic mass is 32.2. The molecule has 0 fully saturated rings. The number of hydrogen-bond acceptors (Lipinski definition) is 6. The van der Waals surface area contributed by atoms with Crippen LogP contribution in [0, 0.1) is 6.92 Å². The monoisotopic (exact) mass is 348 g/mol. The molecule has 1 aromatic carbocycles. The van der Waals surface area contributed by atoms with E-state index in [1.807, 2.05) is 45.0 Å². The molecule has 0 saturated heterocycles. The molecule has 1 heterocycles. The quantitative estimate of drug-likeness (QED) is 0.770. The minimum atomic E-state index is -0.492. The number of para-hydroxylation sites is 1. The molecule has 2 N–H and O–H groups in total. The molecule has 128 valence electrons. The Hall–Kier alpha value is -2.42. The number of aromatic nitrogens is 4. The van der Waals surface area contributed by atoms with Crippen molar-refractivity contribution in [1.82, 2.24) is 30.8 Å². The maximum absolute atomic E-state index is 11.9. The number of aryl methyl sites for hydroxylation is 1. The smallest absolute Gasteiger partial charge is 0.321 e. The van der Waals surface area contributed by atoms with Crippen LogP contribution in [0.4, 0.5) is 4.79 Å². The molecule has 2 aromatic rings. The van der Waals surface area contributed by atoms with Crippen LogP contribution >= 0.6 is 11.8 Å². The number of carbonyl (C=O) groups excluding carboxylic acids is 2. The normalized spacial score (nSPS) is 11.8. The van der Waals surface area contributed by atoms with Crippen molar-refractivity contribution in [2.24, 2.45) is 0 Å². The highest BCUT2D eigenvalue weighted by Gasteiger charge is 2.14. The molecule has 0 bridgehead atoms. The number of carbonyl (C=O) groups is 2. The largest absolute Gasteiger partial charge is 0.335 e. The first-order chi connectivity index (χ1) is 11.5. The van der Waals surface area contributed by atoms with Gasteiger partial charge in [-0.05, 0) is 42.3 Å². The Kier molecular flexibility index (Phi) is 6.30. The summed E-state index contributed by atoms with van der Waals surface area (Å²) in [4.78, 5) is 23.5. The molecule has 0 aliphatic rings. The molecule has 1 aromatic heterocycles. The Labute approximate surface area is 144 Å². The van der Waals surface area contributed by atoms with Crippen LogP contribution in [-0.2, 0) is 4.79 Å². The summed E-state index contributed by atoms with van der Waals surface area (Å²) in [5.41, 5.74) is 1.86. The van der Waals surface area contributed by atoms with Crippen molar-refractivity contribution in [1.29, 1.82) is 0 Å². The van der Waals surface area contributed by atoms with Gasteiger partial charge in [0.05, 0.1) is 11.4 Å². The fraction of sp³-hybridized carbons (Fsp3) is 0.400. The van der Waals surface area contributed by atoms with Crippen molar-refractivity contribution in [3.8, 4) is 5.69 Å². The van der Waals surface area contributed by atoms with E-state index in [2.05, 4.69) is 26.2 Å². The van der Waals surface area contributed by atoms with E-state index in [0.29, 0.717) is 5.16 Å². The number of imide groups is 1. The first-order valence-corrected chi connectivity index (χ1v) is 8.57. The van der Waals surface area contributed by atoms with Crippen LogP contribution in [0.5, 0.6) is 0 Å². The molecule has 1 atom stereocenters. The van der Waals surface area contributed by atoms with Gasteiger partial charge in [0.2, 0.25) is 11.1 Å². The molecule has 2 rings (SSSR count). The lowest BCUT2D eigenvalue weighted by Crippen LogP contribution is -2.43. The van der Waals surface area contributed by atoms with Crippen molar-refractivity contribution in [3.05, 3.63) is 29.8 Å². The van der Waals surface area contributed by atoms with Gasteiger partial charge in [-0.25, -0.2) is 4.79 Å². The lowest BCUT2D eigenvalue weighted by atomic mass is 10.2. The molecule has 24 heavy (non-hydrogen) atoms. The van der Waals surface area contributed by atoms with E-state index >= 15 is 0 Å². The Morgan fingerprint density at radius 2 is 2.08 bits per heavy atom. The number of nitrogens with one attached hydrogen (secondary N) is 2. The summed E-state index contributed by atoms with van der Waals surface area (Å²) in [7, 11) is 0. The van der Waals surface area contributed by atoms with E-state index < -0.39 is 11.9 Å². The number of thioether (sulfide) groups is 1. The van der Waals surface area contributed by atoms with Gasteiger partial charge in [-0.1, -0.05) is 36.9 Å². The van der Waals surface area contributed by atoms with Gasteiger partial charge in [0.1, 0.15) is 0 Å². The summed E-state index contributed by atoms with van der Waals surface area (Å²) in [5.74, 6) is -0.361. The Balaban J connectivity index is 1.94. The van der Waals surface area contributed by atoms with Crippen LogP contribution in [0.25, 0.3) is 5.69 Å². The third-order valence-electron chi connectivity index (χ3n) is 3.36. The molecule has 9 heteroatoms. The number of tetrazole rings is 1. The SMILES string of the molecule is CC[C@@H](C)NC(=O)NC(=O)CSc1nnnn1-c1ccccc1C. The summed E-state index contributed by atoms with van der Waals surface area (Å²) in [6.45, 7) is 5.78. The molecule has 0 aliphatic heterocycles. The molecule has 0 saturated carbocycles. The molecule has 3 amide bonds. The third kappa shape index (κ3) is 4.79. The number of hydrogen-bond donors (Lipinski definition) is 2. The zero-order valence-electron chi connectivity index (χ0n) is 13.8. The second kappa shape index (κ2) is 8.44. The van der Waals surface area contributed by atoms with E-state index in [-0.39, 0.29) is 11.8 Å². The van der Waals surface area contributed by atoms with Crippen molar-refractivity contribution >= 4 is 23.7 Å². The van der Waals surface area contributed by atoms with Gasteiger partial charge < -0.3 is 5.32 Å². The Morgan fingerprint density at radius 1 is 1.33 bits per heavy atom. The lowest BCUT2D eigenvalue weighted by Gasteiger charge is -2.11. The van der Waals surface area contributed by atoms with Crippen LogP contribution in [-0.4, -0.2) is 43.9 Å². The van der Waals surface area contributed by atoms with E-state index in [1.165, 1.54) is 11.8 Å². The summed E-state index contributed by atoms with van der Waals surface area (Å²) in [5, 5.41) is 17.0. The maximum atomic E-state index is 11.9. The summed E-state index contributed by atoms with van der Waals surface area (Å²) in [6, 6.07) is 7.20. The average Bonchev–Trinajstić information content (AvgIpc) is 3.01. The average molecular weight is 348 g/mol. The van der Waals surface area contributed by atoms with Crippen LogP contribution in [0.15, 0.2) is 29.4 Å². The minimum Gasteiger partial charge on any atom is -0.335 e. The van der Waals surface area contributed by atoms with Crippen molar-refractivity contribution in [2.45, 2.75) is 38.4 Å². The standard InChI is InChI=1S/C15H20N6O2S/c1-4-11(3)16-14(23)17-13(22)9-24-15-18-19-20-21(15)12-8-6-5-7-10(12)2/h5-8,11H,4,9H2,1-3H3,(H2,16,17,22,23)/t11-/m1/s1. The van der Waals surface area contributed by atoms with Gasteiger partial charge >= 0.3 is 6.03 Å². The number of amides is 3. The second-order valence-electron chi connectivity index (χ2n) is 5.28. The van der Waals surface area contributed by atoms with Crippen molar-refractivity contribution in [2.75, 3.05) is 5.75 Å². The molecule has 0 spiro atoms. The molecule has 0 radical (unpaired) electrons. The first-order valence-electron chi connectivity index (χ1n) is 7.58. The topological polar surface area (TPSA) is 102 Å². The van der Waals surface area contributed by atoms with Gasteiger partial charge in [0.25, 0.3) is 0 Å². The second-order valence-corrected chi connectivity index (χ2v) is 6.22. The molecule has 0 unspecified atom stereocenters. The van der Waals surface area contributed by atoms with Crippen molar-refractivity contribution < 1.29 is 9.59 Å². The Morgan fingerprint density at radius 3 is 2.79 bits per heavy atom. The summed E-state index contributed by atoms with van der Waals surface area (Å²) in [6.07, 6.45) is 0.793. The van der Waals surface area contributed by atoms with Gasteiger partial charge in [-0.15, -0.1) is 5.10 Å². The van der Waals surface area contributed by atoms with E-state index in [9.17, 15) is 9.59 Å². The summed E-state index contributed by atoms with van der Waals surface area (Å²) >= 11 is 1.17. The number of urea groups is 1. The predicted octanol–water partition coefficient (Wildman–Crippen LogP) is 1.69. The van der Waals surface area contributed by atoms with E-state index in [0.717, 1.165) is 17.7 Å². The first kappa shape index (κ1) is 17.9. The number of nitrogens with zero attached hydrogens (tertiary/aromatic N) is 4. The number of benzene rings is 1. The van der Waals surface area contributed by atoms with Gasteiger partial charge in [-0.2, -0.15) is 4.68 Å². The zero-order valence-corrected chi connectivity index (χ0v) is 14.6. The summed E-state index contributed by atoms with van der Waals surface area (Å²) < 4.78 is 1.58. The van der Waals surface area contributed by atoms with E-state index in [4.69, 9.17) is 0 Å². The molecule has 8 nitrogen and oxygen atoms in total. The van der Waals surface area contributed by atoms with Crippen molar-refractivity contribution in [3.63, 3.8) is 0 Å². The van der Waals surface area contributed by atoms with Gasteiger partial charge in [0.15, 0.2) is 0 Å². The van der Waals surface area contributed by atoms with Crippen LogP contribution < -0.4 is 10.6 Å². The van der Waals surface area contributed by atoms with Crippen LogP contribution in [0.1, 0.15) is 25.8 Å². The highest BCUT2D eigenvalue weighted by molar-refractivity contribution is 7.99. The fourth-order valence-corrected chi connectivity index (χ4v) is 2.56. The fourth-order valence-electron chi connectivity index (χ4n) is 1.88. The minimum absolute atomic E-state index is 0.0128. The number of rotatable bonds is 6. The van der Waals surface area contributed by atoms with Crippen LogP contribution in [0.3, 0.4) is 0 Å². The van der Waals surface area contributed by atoms with Crippen LogP contribution in [0.2, 0.25) is 0 Å². The predicted molar refractivity (Wildman–Crippen MR) is 91.0 cm³/mol. The van der Waals surface area contributed by atoms with E-state index in [1.54, 1.807) is 4.68 Å². The van der Waals surface area contributed by atoms with Gasteiger partial charge in [-0.3, -0.25) is 10.1 Å². The molecular weight excluding hydrogens is 328 g/mol. The third-order valence-corrected chi connectivity index (χ3v) is 4.28. The maximum Gasteiger partial charge on any atom is 0.321 e. The van der Waals surface area contributed by atoms with Gasteiger partial charge in [0, 0.05) is 6.04 Å².